The van der Waals surface area contributed by atoms with Crippen molar-refractivity contribution in [2.75, 3.05) is 12.3 Å². The molecule has 4 heteroatoms. The summed E-state index contributed by atoms with van der Waals surface area (Å²) in [6.45, 7) is 0.0778. The Labute approximate surface area is 103 Å². The zero-order valence-electron chi connectivity index (χ0n) is 8.61. The summed E-state index contributed by atoms with van der Waals surface area (Å²) >= 11 is 7.67. The van der Waals surface area contributed by atoms with Gasteiger partial charge in [-0.25, -0.2) is 0 Å². The number of hydrogen-bond donors (Lipinski definition) is 2. The molecule has 2 nitrogen and oxygen atoms in total. The van der Waals surface area contributed by atoms with E-state index in [2.05, 4.69) is 0 Å². The number of benzene rings is 1. The van der Waals surface area contributed by atoms with Gasteiger partial charge in [-0.2, -0.15) is 0 Å². The van der Waals surface area contributed by atoms with Crippen molar-refractivity contribution in [1.82, 2.24) is 0 Å². The Morgan fingerprint density at radius 2 is 2.19 bits per heavy atom. The molecule has 1 aromatic heterocycles. The first-order valence-corrected chi connectivity index (χ1v) is 6.20. The Balaban J connectivity index is 2.53. The van der Waals surface area contributed by atoms with Crippen LogP contribution in [0.3, 0.4) is 0 Å². The highest BCUT2D eigenvalue weighted by molar-refractivity contribution is 7.13. The Bertz CT molecular complexity index is 482. The van der Waals surface area contributed by atoms with E-state index in [4.69, 9.17) is 22.4 Å². The molecule has 0 aliphatic carbocycles. The highest BCUT2D eigenvalue weighted by Gasteiger charge is 2.09. The quantitative estimate of drug-likeness (QED) is 0.826. The van der Waals surface area contributed by atoms with Crippen LogP contribution in [0.25, 0.3) is 10.4 Å². The number of nitrogen functional groups attached to an aromatic ring is 1. The van der Waals surface area contributed by atoms with E-state index in [1.54, 1.807) is 11.3 Å². The molecule has 0 aliphatic rings. The Morgan fingerprint density at radius 3 is 2.81 bits per heavy atom. The zero-order chi connectivity index (χ0) is 11.5. The van der Waals surface area contributed by atoms with Gasteiger partial charge in [0.05, 0.1) is 0 Å². The van der Waals surface area contributed by atoms with E-state index >= 15 is 0 Å². The monoisotopic (exact) mass is 253 g/mol. The van der Waals surface area contributed by atoms with Gasteiger partial charge >= 0.3 is 0 Å². The van der Waals surface area contributed by atoms with Crippen LogP contribution >= 0.6 is 22.9 Å². The molecule has 1 heterocycles. The van der Waals surface area contributed by atoms with Crippen molar-refractivity contribution in [2.45, 2.75) is 6.42 Å². The minimum absolute atomic E-state index is 0.0778. The molecule has 0 spiro atoms. The molecule has 0 unspecified atom stereocenters. The lowest BCUT2D eigenvalue weighted by Gasteiger charge is -2.10. The molecular weight excluding hydrogens is 242 g/mol. The van der Waals surface area contributed by atoms with Crippen LogP contribution in [0.2, 0.25) is 5.02 Å². The van der Waals surface area contributed by atoms with Crippen molar-refractivity contribution in [2.24, 2.45) is 0 Å². The topological polar surface area (TPSA) is 46.2 Å². The summed E-state index contributed by atoms with van der Waals surface area (Å²) in [5.41, 5.74) is 8.63. The summed E-state index contributed by atoms with van der Waals surface area (Å²) in [5, 5.41) is 11.6. The predicted octanol–water partition coefficient (Wildman–Crippen LogP) is 3.19. The van der Waals surface area contributed by atoms with E-state index in [0.29, 0.717) is 17.1 Å². The number of thiophene rings is 1. The second kappa shape index (κ2) is 4.87. The number of rotatable bonds is 3. The average Bonchev–Trinajstić information content (AvgIpc) is 2.76. The van der Waals surface area contributed by atoms with Gasteiger partial charge in [0, 0.05) is 27.8 Å². The van der Waals surface area contributed by atoms with Crippen LogP contribution in [0.5, 0.6) is 0 Å². The van der Waals surface area contributed by atoms with Gasteiger partial charge in [-0.15, -0.1) is 11.3 Å². The van der Waals surface area contributed by atoms with Crippen molar-refractivity contribution < 1.29 is 5.11 Å². The fourth-order valence-electron chi connectivity index (χ4n) is 1.64. The van der Waals surface area contributed by atoms with Crippen LogP contribution in [-0.4, -0.2) is 11.7 Å². The summed E-state index contributed by atoms with van der Waals surface area (Å²) < 4.78 is 0. The van der Waals surface area contributed by atoms with Gasteiger partial charge < -0.3 is 10.8 Å². The standard InChI is InChI=1S/C12H12ClNOS/c13-9-6-8(3-4-15)12(14)10(7-9)11-2-1-5-16-11/h1-2,5-7,15H,3-4,14H2. The summed E-state index contributed by atoms with van der Waals surface area (Å²) in [6, 6.07) is 7.66. The van der Waals surface area contributed by atoms with E-state index in [1.165, 1.54) is 0 Å². The van der Waals surface area contributed by atoms with Crippen molar-refractivity contribution in [3.05, 3.63) is 40.2 Å². The summed E-state index contributed by atoms with van der Waals surface area (Å²) in [5.74, 6) is 0. The van der Waals surface area contributed by atoms with Gasteiger partial charge in [0.1, 0.15) is 0 Å². The fraction of sp³-hybridized carbons (Fsp3) is 0.167. The first-order chi connectivity index (χ1) is 7.72. The van der Waals surface area contributed by atoms with Gasteiger partial charge in [-0.05, 0) is 35.6 Å². The molecule has 0 radical (unpaired) electrons. The van der Waals surface area contributed by atoms with Gasteiger partial charge in [0.2, 0.25) is 0 Å². The van der Waals surface area contributed by atoms with Crippen LogP contribution < -0.4 is 5.73 Å². The van der Waals surface area contributed by atoms with Crippen LogP contribution in [0.4, 0.5) is 5.69 Å². The molecule has 3 N–H and O–H groups in total. The first kappa shape index (κ1) is 11.5. The molecule has 0 bridgehead atoms. The molecule has 1 aromatic carbocycles. The summed E-state index contributed by atoms with van der Waals surface area (Å²) in [6.07, 6.45) is 0.533. The van der Waals surface area contributed by atoms with E-state index in [9.17, 15) is 0 Å². The number of halogens is 1. The molecule has 0 atom stereocenters. The molecular formula is C12H12ClNOS. The zero-order valence-corrected chi connectivity index (χ0v) is 10.2. The third-order valence-electron chi connectivity index (χ3n) is 2.40. The minimum atomic E-state index is 0.0778. The maximum absolute atomic E-state index is 8.96. The van der Waals surface area contributed by atoms with Crippen molar-refractivity contribution in [3.8, 4) is 10.4 Å². The van der Waals surface area contributed by atoms with Crippen LogP contribution in [-0.2, 0) is 6.42 Å². The van der Waals surface area contributed by atoms with E-state index in [-0.39, 0.29) is 6.61 Å². The lowest BCUT2D eigenvalue weighted by atomic mass is 10.0. The lowest BCUT2D eigenvalue weighted by Crippen LogP contribution is -1.99. The molecule has 2 rings (SSSR count). The van der Waals surface area contributed by atoms with E-state index in [0.717, 1.165) is 16.0 Å². The number of aliphatic hydroxyl groups is 1. The van der Waals surface area contributed by atoms with E-state index in [1.807, 2.05) is 29.6 Å². The smallest absolute Gasteiger partial charge is 0.0472 e. The van der Waals surface area contributed by atoms with Gasteiger partial charge in [-0.1, -0.05) is 17.7 Å². The van der Waals surface area contributed by atoms with E-state index < -0.39 is 0 Å². The molecule has 0 aliphatic heterocycles. The second-order valence-electron chi connectivity index (χ2n) is 3.48. The molecule has 2 aromatic rings. The van der Waals surface area contributed by atoms with Crippen molar-refractivity contribution in [3.63, 3.8) is 0 Å². The van der Waals surface area contributed by atoms with Crippen molar-refractivity contribution in [1.29, 1.82) is 0 Å². The maximum Gasteiger partial charge on any atom is 0.0472 e. The Kier molecular flexibility index (Phi) is 3.49. The molecule has 16 heavy (non-hydrogen) atoms. The average molecular weight is 254 g/mol. The first-order valence-electron chi connectivity index (χ1n) is 4.95. The second-order valence-corrected chi connectivity index (χ2v) is 4.86. The molecule has 0 saturated carbocycles. The minimum Gasteiger partial charge on any atom is -0.398 e. The van der Waals surface area contributed by atoms with Gasteiger partial charge in [-0.3, -0.25) is 0 Å². The largest absolute Gasteiger partial charge is 0.398 e. The third kappa shape index (κ3) is 2.21. The SMILES string of the molecule is Nc1c(CCO)cc(Cl)cc1-c1cccs1. The molecule has 0 saturated heterocycles. The predicted molar refractivity (Wildman–Crippen MR) is 70.0 cm³/mol. The van der Waals surface area contributed by atoms with Crippen molar-refractivity contribution >= 4 is 28.6 Å². The summed E-state index contributed by atoms with van der Waals surface area (Å²) in [7, 11) is 0. The third-order valence-corrected chi connectivity index (χ3v) is 3.52. The molecule has 84 valence electrons. The Morgan fingerprint density at radius 1 is 1.38 bits per heavy atom. The number of hydrogen-bond acceptors (Lipinski definition) is 3. The highest BCUT2D eigenvalue weighted by atomic mass is 35.5. The fourth-order valence-corrected chi connectivity index (χ4v) is 2.63. The van der Waals surface area contributed by atoms with Crippen LogP contribution in [0, 0.1) is 0 Å². The Hall–Kier alpha value is -1.03. The number of anilines is 1. The van der Waals surface area contributed by atoms with Gasteiger partial charge in [0.25, 0.3) is 0 Å². The molecule has 0 amide bonds. The van der Waals surface area contributed by atoms with Crippen LogP contribution in [0.1, 0.15) is 5.56 Å². The molecule has 0 fully saturated rings. The summed E-state index contributed by atoms with van der Waals surface area (Å²) in [4.78, 5) is 1.10. The van der Waals surface area contributed by atoms with Gasteiger partial charge in [0.15, 0.2) is 0 Å². The highest BCUT2D eigenvalue weighted by Crippen LogP contribution is 2.34. The maximum atomic E-state index is 8.96. The lowest BCUT2D eigenvalue weighted by molar-refractivity contribution is 0.300. The normalized spacial score (nSPS) is 10.6. The van der Waals surface area contributed by atoms with Crippen LogP contribution in [0.15, 0.2) is 29.6 Å². The number of aliphatic hydroxyl groups excluding tert-OH is 1. The number of nitrogens with two attached hydrogens (primary N) is 1.